The number of hydrogen-bond donors (Lipinski definition) is 0. The zero-order valence-corrected chi connectivity index (χ0v) is 8.94. The monoisotopic (exact) mass is 232 g/mol. The Balaban J connectivity index is 2.53. The minimum Gasteiger partial charge on any atom is -0.258 e. The van der Waals surface area contributed by atoms with Crippen LogP contribution in [0.1, 0.15) is 0 Å². The Kier molecular flexibility index (Phi) is 2.88. The Labute approximate surface area is 97.4 Å². The molecule has 0 aliphatic rings. The molecule has 79 valence electrons. The third-order valence-electron chi connectivity index (χ3n) is 2.15. The summed E-state index contributed by atoms with van der Waals surface area (Å²) in [7, 11) is 0. The fourth-order valence-electron chi connectivity index (χ4n) is 1.41. The van der Waals surface area contributed by atoms with Gasteiger partial charge in [-0.2, -0.15) is 0 Å². The number of rotatable bonds is 2. The molecule has 0 atom stereocenters. The first-order valence-corrected chi connectivity index (χ1v) is 4.97. The van der Waals surface area contributed by atoms with Crippen molar-refractivity contribution >= 4 is 17.3 Å². The second kappa shape index (κ2) is 4.33. The van der Waals surface area contributed by atoms with Gasteiger partial charge in [-0.3, -0.25) is 10.1 Å². The van der Waals surface area contributed by atoms with Gasteiger partial charge >= 0.3 is 0 Å². The minimum atomic E-state index is -0.430. The van der Waals surface area contributed by atoms with Crippen molar-refractivity contribution in [1.29, 1.82) is 0 Å². The molecule has 0 N–H and O–H groups in total. The first kappa shape index (κ1) is 10.6. The second-order valence-electron chi connectivity index (χ2n) is 3.20. The number of hydrogen-bond acceptors (Lipinski definition) is 2. The Morgan fingerprint density at radius 1 is 1.25 bits per heavy atom. The number of non-ortho nitro benzene ring substituents is 1. The van der Waals surface area contributed by atoms with Crippen molar-refractivity contribution in [2.75, 3.05) is 0 Å². The van der Waals surface area contributed by atoms with Crippen LogP contribution in [0.2, 0.25) is 5.02 Å². The quantitative estimate of drug-likeness (QED) is 0.585. The summed E-state index contributed by atoms with van der Waals surface area (Å²) in [6, 6.07) is 14.5. The van der Waals surface area contributed by atoms with E-state index in [1.54, 1.807) is 30.3 Å². The molecule has 0 aliphatic carbocycles. The van der Waals surface area contributed by atoms with Crippen LogP contribution in [0, 0.1) is 16.2 Å². The van der Waals surface area contributed by atoms with E-state index in [1.165, 1.54) is 12.1 Å². The highest BCUT2D eigenvalue weighted by atomic mass is 35.5. The van der Waals surface area contributed by atoms with E-state index in [4.69, 9.17) is 11.6 Å². The number of benzene rings is 2. The molecule has 2 aromatic rings. The topological polar surface area (TPSA) is 43.1 Å². The third kappa shape index (κ3) is 2.04. The molecule has 0 aliphatic heterocycles. The molecular formula is C12H7ClNO2. The molecule has 0 unspecified atom stereocenters. The van der Waals surface area contributed by atoms with Crippen molar-refractivity contribution < 1.29 is 4.92 Å². The van der Waals surface area contributed by atoms with Crippen LogP contribution in [0.4, 0.5) is 5.69 Å². The van der Waals surface area contributed by atoms with Gasteiger partial charge in [-0.15, -0.1) is 0 Å². The standard InChI is InChI=1S/C12H7ClNO2/c13-12-7-2-1-6-11(12)9-4-3-5-10(8-9)14(15)16/h1-5,7-8H. The molecule has 0 amide bonds. The fourth-order valence-corrected chi connectivity index (χ4v) is 1.65. The van der Waals surface area contributed by atoms with E-state index in [0.29, 0.717) is 16.1 Å². The molecular weight excluding hydrogens is 226 g/mol. The molecule has 0 heterocycles. The third-order valence-corrected chi connectivity index (χ3v) is 2.47. The van der Waals surface area contributed by atoms with E-state index in [2.05, 4.69) is 6.07 Å². The summed E-state index contributed by atoms with van der Waals surface area (Å²) in [6.45, 7) is 0. The van der Waals surface area contributed by atoms with Gasteiger partial charge < -0.3 is 0 Å². The van der Waals surface area contributed by atoms with Gasteiger partial charge in [0.2, 0.25) is 0 Å². The van der Waals surface area contributed by atoms with Gasteiger partial charge in [0.05, 0.1) is 4.92 Å². The molecule has 3 nitrogen and oxygen atoms in total. The number of nitro groups is 1. The number of nitro benzene ring substituents is 1. The van der Waals surface area contributed by atoms with E-state index in [1.807, 2.05) is 0 Å². The number of nitrogens with zero attached hydrogens (tertiary/aromatic N) is 1. The van der Waals surface area contributed by atoms with Gasteiger partial charge in [0.1, 0.15) is 0 Å². The summed E-state index contributed by atoms with van der Waals surface area (Å²) >= 11 is 5.99. The molecule has 16 heavy (non-hydrogen) atoms. The van der Waals surface area contributed by atoms with E-state index < -0.39 is 4.92 Å². The lowest BCUT2D eigenvalue weighted by Gasteiger charge is -2.02. The number of halogens is 1. The lowest BCUT2D eigenvalue weighted by Crippen LogP contribution is -1.88. The van der Waals surface area contributed by atoms with Gasteiger partial charge in [-0.25, -0.2) is 0 Å². The van der Waals surface area contributed by atoms with Crippen LogP contribution in [0.15, 0.2) is 42.5 Å². The van der Waals surface area contributed by atoms with E-state index in [0.717, 1.165) is 0 Å². The summed E-state index contributed by atoms with van der Waals surface area (Å²) < 4.78 is 0. The molecule has 1 radical (unpaired) electrons. The molecule has 0 bridgehead atoms. The van der Waals surface area contributed by atoms with E-state index in [9.17, 15) is 10.1 Å². The Bertz CT molecular complexity index is 540. The SMILES string of the molecule is O=[N+]([O-])c1cccc(-c2[c]cccc2Cl)c1. The molecule has 0 aromatic heterocycles. The average Bonchev–Trinajstić information content (AvgIpc) is 2.30. The predicted molar refractivity (Wildman–Crippen MR) is 62.4 cm³/mol. The van der Waals surface area contributed by atoms with Gasteiger partial charge in [0.25, 0.3) is 5.69 Å². The highest BCUT2D eigenvalue weighted by Crippen LogP contribution is 2.29. The van der Waals surface area contributed by atoms with E-state index >= 15 is 0 Å². The molecule has 0 spiro atoms. The summed E-state index contributed by atoms with van der Waals surface area (Å²) in [4.78, 5) is 10.2. The first-order valence-electron chi connectivity index (χ1n) is 4.59. The van der Waals surface area contributed by atoms with Gasteiger partial charge in [-0.05, 0) is 17.7 Å². The van der Waals surface area contributed by atoms with Gasteiger partial charge in [-0.1, -0.05) is 35.9 Å². The van der Waals surface area contributed by atoms with Crippen LogP contribution in [0.5, 0.6) is 0 Å². The van der Waals surface area contributed by atoms with Crippen molar-refractivity contribution in [3.05, 3.63) is 63.7 Å². The highest BCUT2D eigenvalue weighted by Gasteiger charge is 2.08. The highest BCUT2D eigenvalue weighted by molar-refractivity contribution is 6.33. The van der Waals surface area contributed by atoms with E-state index in [-0.39, 0.29) is 5.69 Å². The normalized spacial score (nSPS) is 10.1. The Hall–Kier alpha value is -1.87. The van der Waals surface area contributed by atoms with Crippen molar-refractivity contribution in [1.82, 2.24) is 0 Å². The predicted octanol–water partition coefficient (Wildman–Crippen LogP) is 3.72. The van der Waals surface area contributed by atoms with Crippen molar-refractivity contribution in [2.45, 2.75) is 0 Å². The zero-order valence-electron chi connectivity index (χ0n) is 8.18. The zero-order chi connectivity index (χ0) is 11.5. The molecule has 0 saturated heterocycles. The summed E-state index contributed by atoms with van der Waals surface area (Å²) in [6.07, 6.45) is 0. The average molecular weight is 233 g/mol. The Morgan fingerprint density at radius 3 is 2.75 bits per heavy atom. The maximum absolute atomic E-state index is 10.6. The molecule has 0 saturated carbocycles. The molecule has 4 heteroatoms. The minimum absolute atomic E-state index is 0.0471. The lowest BCUT2D eigenvalue weighted by molar-refractivity contribution is -0.384. The van der Waals surface area contributed by atoms with Crippen molar-refractivity contribution in [3.63, 3.8) is 0 Å². The van der Waals surface area contributed by atoms with Crippen molar-refractivity contribution in [3.8, 4) is 11.1 Å². The van der Waals surface area contributed by atoms with Crippen molar-refractivity contribution in [2.24, 2.45) is 0 Å². The molecule has 2 aromatic carbocycles. The van der Waals surface area contributed by atoms with Crippen LogP contribution in [-0.4, -0.2) is 4.92 Å². The van der Waals surface area contributed by atoms with Gasteiger partial charge in [0, 0.05) is 22.7 Å². The smallest absolute Gasteiger partial charge is 0.258 e. The maximum Gasteiger partial charge on any atom is 0.270 e. The van der Waals surface area contributed by atoms with Crippen LogP contribution in [0.25, 0.3) is 11.1 Å². The maximum atomic E-state index is 10.6. The van der Waals surface area contributed by atoms with Crippen LogP contribution >= 0.6 is 11.6 Å². The Morgan fingerprint density at radius 2 is 2.06 bits per heavy atom. The summed E-state index contributed by atoms with van der Waals surface area (Å²) in [5, 5.41) is 11.2. The second-order valence-corrected chi connectivity index (χ2v) is 3.61. The lowest BCUT2D eigenvalue weighted by atomic mass is 10.1. The van der Waals surface area contributed by atoms with Gasteiger partial charge in [0.15, 0.2) is 0 Å². The molecule has 0 fully saturated rings. The summed E-state index contributed by atoms with van der Waals surface area (Å²) in [5.74, 6) is 0. The largest absolute Gasteiger partial charge is 0.270 e. The summed E-state index contributed by atoms with van der Waals surface area (Å²) in [5.41, 5.74) is 1.42. The van der Waals surface area contributed by atoms with Crippen LogP contribution in [0.3, 0.4) is 0 Å². The fraction of sp³-hybridized carbons (Fsp3) is 0. The van der Waals surface area contributed by atoms with Crippen LogP contribution in [-0.2, 0) is 0 Å². The molecule has 2 rings (SSSR count). The van der Waals surface area contributed by atoms with Crippen LogP contribution < -0.4 is 0 Å². The first-order chi connectivity index (χ1) is 7.68.